The van der Waals surface area contributed by atoms with E-state index in [1.165, 1.54) is 0 Å². The zero-order valence-electron chi connectivity index (χ0n) is 13.1. The Morgan fingerprint density at radius 1 is 1.35 bits per heavy atom. The molecule has 1 atom stereocenters. The third kappa shape index (κ3) is 5.42. The second kappa shape index (κ2) is 10.1. The number of carbonyl (C=O) groups excluding carboxylic acids is 1. The Morgan fingerprint density at radius 2 is 2.00 bits per heavy atom. The van der Waals surface area contributed by atoms with Gasteiger partial charge in [-0.1, -0.05) is 12.1 Å². The number of benzene rings is 1. The number of rotatable bonds is 6. The van der Waals surface area contributed by atoms with Gasteiger partial charge in [0.05, 0.1) is 7.11 Å². The number of imidazole rings is 1. The average Bonchev–Trinajstić information content (AvgIpc) is 2.91. The van der Waals surface area contributed by atoms with Crippen molar-refractivity contribution in [3.63, 3.8) is 0 Å². The van der Waals surface area contributed by atoms with Crippen molar-refractivity contribution in [2.24, 2.45) is 12.8 Å². The number of methoxy groups -OCH3 is 1. The van der Waals surface area contributed by atoms with E-state index in [0.717, 1.165) is 17.1 Å². The molecule has 0 aliphatic carbocycles. The fourth-order valence-electron chi connectivity index (χ4n) is 2.11. The van der Waals surface area contributed by atoms with Crippen molar-refractivity contribution in [3.8, 4) is 5.75 Å². The lowest BCUT2D eigenvalue weighted by atomic mass is 10.1. The zero-order chi connectivity index (χ0) is 15.2. The van der Waals surface area contributed by atoms with Crippen molar-refractivity contribution >= 4 is 30.7 Å². The molecule has 1 heterocycles. The third-order valence-electron chi connectivity index (χ3n) is 3.24. The number of amides is 1. The summed E-state index contributed by atoms with van der Waals surface area (Å²) in [7, 11) is 3.52. The molecule has 2 rings (SSSR count). The lowest BCUT2D eigenvalue weighted by Gasteiger charge is -2.19. The topological polar surface area (TPSA) is 82.2 Å². The molecule has 3 N–H and O–H groups in total. The van der Waals surface area contributed by atoms with Gasteiger partial charge in [-0.2, -0.15) is 0 Å². The minimum Gasteiger partial charge on any atom is -0.497 e. The maximum atomic E-state index is 11.9. The Bertz CT molecular complexity index is 602. The highest BCUT2D eigenvalue weighted by atomic mass is 35.5. The number of ether oxygens (including phenoxy) is 1. The van der Waals surface area contributed by atoms with Crippen molar-refractivity contribution in [1.82, 2.24) is 14.9 Å². The van der Waals surface area contributed by atoms with Crippen LogP contribution in [0.25, 0.3) is 0 Å². The molecule has 0 aliphatic rings. The lowest BCUT2D eigenvalue weighted by Crippen LogP contribution is -2.32. The summed E-state index contributed by atoms with van der Waals surface area (Å²) >= 11 is 0. The minimum atomic E-state index is -0.310. The first-order valence-electron chi connectivity index (χ1n) is 6.76. The van der Waals surface area contributed by atoms with E-state index in [2.05, 4.69) is 10.3 Å². The number of hydrogen-bond acceptors (Lipinski definition) is 4. The molecule has 8 heteroatoms. The first-order chi connectivity index (χ1) is 10.2. The highest BCUT2D eigenvalue weighted by Crippen LogP contribution is 2.23. The molecule has 1 amide bonds. The number of hydrogen-bond donors (Lipinski definition) is 2. The maximum absolute atomic E-state index is 11.9. The largest absolute Gasteiger partial charge is 0.497 e. The molecule has 0 fully saturated rings. The average molecular weight is 361 g/mol. The fourth-order valence-corrected chi connectivity index (χ4v) is 2.11. The van der Waals surface area contributed by atoms with Crippen LogP contribution in [0, 0.1) is 0 Å². The molecule has 1 unspecified atom stereocenters. The molecule has 0 saturated heterocycles. The van der Waals surface area contributed by atoms with Crippen LogP contribution in [0.1, 0.15) is 23.9 Å². The summed E-state index contributed by atoms with van der Waals surface area (Å²) in [5, 5.41) is 2.97. The second-order valence-electron chi connectivity index (χ2n) is 4.71. The first kappa shape index (κ1) is 21.2. The van der Waals surface area contributed by atoms with Crippen molar-refractivity contribution in [2.45, 2.75) is 12.5 Å². The van der Waals surface area contributed by atoms with Crippen molar-refractivity contribution in [1.29, 1.82) is 0 Å². The minimum absolute atomic E-state index is 0. The Kier molecular flexibility index (Phi) is 9.32. The third-order valence-corrected chi connectivity index (χ3v) is 3.24. The number of carbonyl (C=O) groups is 1. The van der Waals surface area contributed by atoms with Gasteiger partial charge in [-0.05, 0) is 17.7 Å². The summed E-state index contributed by atoms with van der Waals surface area (Å²) in [4.78, 5) is 16.2. The molecule has 0 aliphatic heterocycles. The van der Waals surface area contributed by atoms with E-state index in [1.54, 1.807) is 13.3 Å². The number of halogens is 2. The molecule has 6 nitrogen and oxygen atoms in total. The van der Waals surface area contributed by atoms with Gasteiger partial charge in [-0.25, -0.2) is 4.98 Å². The van der Waals surface area contributed by atoms with Gasteiger partial charge in [-0.3, -0.25) is 4.79 Å². The van der Waals surface area contributed by atoms with Crippen molar-refractivity contribution < 1.29 is 9.53 Å². The van der Waals surface area contributed by atoms with Gasteiger partial charge >= 0.3 is 0 Å². The van der Waals surface area contributed by atoms with E-state index in [0.29, 0.717) is 6.54 Å². The summed E-state index contributed by atoms with van der Waals surface area (Å²) in [5.74, 6) is 1.44. The summed E-state index contributed by atoms with van der Waals surface area (Å²) in [5.41, 5.74) is 6.37. The Hall–Kier alpha value is -1.76. The molecule has 2 aromatic rings. The molecule has 1 aromatic heterocycles. The number of nitrogens with two attached hydrogens (primary N) is 1. The summed E-state index contributed by atoms with van der Waals surface area (Å²) < 4.78 is 7.04. The lowest BCUT2D eigenvalue weighted by molar-refractivity contribution is -0.121. The van der Waals surface area contributed by atoms with Crippen LogP contribution in [0.5, 0.6) is 5.75 Å². The first-order valence-corrected chi connectivity index (χ1v) is 6.76. The molecular formula is C15H22Cl2N4O2. The van der Waals surface area contributed by atoms with Gasteiger partial charge < -0.3 is 20.4 Å². The second-order valence-corrected chi connectivity index (χ2v) is 4.71. The fraction of sp³-hybridized carbons (Fsp3) is 0.333. The van der Waals surface area contributed by atoms with E-state index in [4.69, 9.17) is 10.5 Å². The number of aromatic nitrogens is 2. The van der Waals surface area contributed by atoms with Crippen LogP contribution in [-0.2, 0) is 11.8 Å². The molecule has 0 radical (unpaired) electrons. The Morgan fingerprint density at radius 3 is 2.48 bits per heavy atom. The van der Waals surface area contributed by atoms with E-state index in [-0.39, 0.29) is 43.2 Å². The van der Waals surface area contributed by atoms with Crippen LogP contribution in [0.2, 0.25) is 0 Å². The molecule has 23 heavy (non-hydrogen) atoms. The van der Waals surface area contributed by atoms with E-state index >= 15 is 0 Å². The van der Waals surface area contributed by atoms with Crippen LogP contribution in [0.4, 0.5) is 0 Å². The quantitative estimate of drug-likeness (QED) is 0.822. The molecule has 0 bridgehead atoms. The molecule has 128 valence electrons. The van der Waals surface area contributed by atoms with Crippen LogP contribution in [0.3, 0.4) is 0 Å². The molecule has 0 spiro atoms. The predicted octanol–water partition coefficient (Wildman–Crippen LogP) is 1.83. The summed E-state index contributed by atoms with van der Waals surface area (Å²) in [6, 6.07) is 7.25. The molecule has 0 saturated carbocycles. The number of aryl methyl sites for hydroxylation is 1. The number of nitrogens with zero attached hydrogens (tertiary/aromatic N) is 2. The standard InChI is InChI=1S/C15H20N4O2.2ClH/c1-19-10-9-17-15(19)14(18-13(20)7-8-16)11-3-5-12(21-2)6-4-11;;/h3-6,9-10,14H,7-8,16H2,1-2H3,(H,18,20);2*1H. The summed E-state index contributed by atoms with van der Waals surface area (Å²) in [6.45, 7) is 0.321. The van der Waals surface area contributed by atoms with Crippen molar-refractivity contribution in [3.05, 3.63) is 48.0 Å². The maximum Gasteiger partial charge on any atom is 0.222 e. The van der Waals surface area contributed by atoms with Crippen LogP contribution < -0.4 is 15.8 Å². The van der Waals surface area contributed by atoms with Gasteiger partial charge in [0.1, 0.15) is 17.6 Å². The molecular weight excluding hydrogens is 339 g/mol. The van der Waals surface area contributed by atoms with E-state index in [1.807, 2.05) is 42.1 Å². The Balaban J connectivity index is 0.00000242. The zero-order valence-corrected chi connectivity index (χ0v) is 14.7. The highest BCUT2D eigenvalue weighted by Gasteiger charge is 2.20. The molecule has 1 aromatic carbocycles. The van der Waals surface area contributed by atoms with Gasteiger partial charge in [0.25, 0.3) is 0 Å². The van der Waals surface area contributed by atoms with E-state index in [9.17, 15) is 4.79 Å². The smallest absolute Gasteiger partial charge is 0.222 e. The normalized spacial score (nSPS) is 10.9. The summed E-state index contributed by atoms with van der Waals surface area (Å²) in [6.07, 6.45) is 3.85. The monoisotopic (exact) mass is 360 g/mol. The van der Waals surface area contributed by atoms with Gasteiger partial charge in [0.15, 0.2) is 0 Å². The Labute approximate surface area is 148 Å². The van der Waals surface area contributed by atoms with Gasteiger partial charge in [0.2, 0.25) is 5.91 Å². The van der Waals surface area contributed by atoms with Crippen LogP contribution >= 0.6 is 24.8 Å². The van der Waals surface area contributed by atoms with Crippen molar-refractivity contribution in [2.75, 3.05) is 13.7 Å². The highest BCUT2D eigenvalue weighted by molar-refractivity contribution is 5.85. The predicted molar refractivity (Wildman–Crippen MR) is 94.4 cm³/mol. The van der Waals surface area contributed by atoms with E-state index < -0.39 is 0 Å². The number of nitrogens with one attached hydrogen (secondary N) is 1. The van der Waals surface area contributed by atoms with Crippen LogP contribution in [-0.4, -0.2) is 29.1 Å². The van der Waals surface area contributed by atoms with Gasteiger partial charge in [-0.15, -0.1) is 24.8 Å². The van der Waals surface area contributed by atoms with Gasteiger partial charge in [0, 0.05) is 32.4 Å². The SMILES string of the molecule is COc1ccc(C(NC(=O)CCN)c2nccn2C)cc1.Cl.Cl. The van der Waals surface area contributed by atoms with Crippen LogP contribution in [0.15, 0.2) is 36.7 Å².